The van der Waals surface area contributed by atoms with Crippen molar-refractivity contribution in [2.75, 3.05) is 6.61 Å². The zero-order chi connectivity index (χ0) is 13.4. The van der Waals surface area contributed by atoms with E-state index >= 15 is 0 Å². The van der Waals surface area contributed by atoms with E-state index in [1.807, 2.05) is 11.4 Å². The number of alkyl carbamates (subject to hydrolysis) is 1. The number of carbonyl (C=O) groups is 1. The van der Waals surface area contributed by atoms with Crippen LogP contribution in [0.15, 0.2) is 11.4 Å². The summed E-state index contributed by atoms with van der Waals surface area (Å²) in [6.45, 7) is 4.07. The lowest BCUT2D eigenvalue weighted by molar-refractivity contribution is 0.115. The number of ether oxygens (including phenoxy) is 1. The summed E-state index contributed by atoms with van der Waals surface area (Å²) >= 11 is 1.53. The Balaban J connectivity index is 2.51. The third-order valence-corrected chi connectivity index (χ3v) is 2.86. The fourth-order valence-corrected chi connectivity index (χ4v) is 1.98. The average Bonchev–Trinajstić information content (AvgIpc) is 2.73. The molecule has 1 aromatic heterocycles. The number of thiophene rings is 1. The van der Waals surface area contributed by atoms with E-state index in [9.17, 15) is 4.79 Å². The Morgan fingerprint density at radius 3 is 3.06 bits per heavy atom. The average molecular weight is 267 g/mol. The lowest BCUT2D eigenvalue weighted by Gasteiger charge is -2.08. The summed E-state index contributed by atoms with van der Waals surface area (Å²) in [6, 6.07) is 1.90. The topological polar surface area (TPSA) is 58.6 Å². The van der Waals surface area contributed by atoms with Gasteiger partial charge in [0, 0.05) is 16.9 Å². The molecule has 4 nitrogen and oxygen atoms in total. The van der Waals surface area contributed by atoms with Gasteiger partial charge in [0.1, 0.15) is 0 Å². The van der Waals surface area contributed by atoms with Crippen LogP contribution in [0.4, 0.5) is 4.79 Å². The van der Waals surface area contributed by atoms with Gasteiger partial charge in [-0.2, -0.15) is 0 Å². The normalized spacial score (nSPS) is 9.78. The number of carbonyl (C=O) groups excluding carboxylic acids is 1. The van der Waals surface area contributed by atoms with Gasteiger partial charge in [-0.25, -0.2) is 4.79 Å². The summed E-state index contributed by atoms with van der Waals surface area (Å²) in [5.41, 5.74) is 0.887. The molecule has 0 aliphatic heterocycles. The number of hydrogen-bond donors (Lipinski definition) is 2. The van der Waals surface area contributed by atoms with Crippen LogP contribution in [0.5, 0.6) is 0 Å². The van der Waals surface area contributed by atoms with E-state index in [1.165, 1.54) is 11.3 Å². The van der Waals surface area contributed by atoms with Gasteiger partial charge in [-0.3, -0.25) is 0 Å². The number of rotatable bonds is 4. The smallest absolute Gasteiger partial charge is 0.407 e. The van der Waals surface area contributed by atoms with Gasteiger partial charge in [-0.05, 0) is 25.3 Å². The van der Waals surface area contributed by atoms with E-state index in [-0.39, 0.29) is 12.7 Å². The minimum Gasteiger partial charge on any atom is -0.447 e. The van der Waals surface area contributed by atoms with E-state index in [0.29, 0.717) is 13.0 Å². The van der Waals surface area contributed by atoms with Crippen molar-refractivity contribution in [2.45, 2.75) is 32.9 Å². The third-order valence-electron chi connectivity index (χ3n) is 1.94. The lowest BCUT2D eigenvalue weighted by atomic mass is 10.2. The lowest BCUT2D eigenvalue weighted by Crippen LogP contribution is -2.26. The van der Waals surface area contributed by atoms with Crippen LogP contribution in [-0.4, -0.2) is 23.9 Å². The van der Waals surface area contributed by atoms with Crippen molar-refractivity contribution in [2.24, 2.45) is 0 Å². The minimum absolute atomic E-state index is 0.0609. The molecule has 0 aromatic carbocycles. The van der Waals surface area contributed by atoms with Gasteiger partial charge in [0.05, 0.1) is 19.3 Å². The van der Waals surface area contributed by atoms with Gasteiger partial charge in [0.25, 0.3) is 0 Å². The molecule has 0 aliphatic rings. The Hall–Kier alpha value is -1.51. The first-order valence-electron chi connectivity index (χ1n) is 5.74. The van der Waals surface area contributed by atoms with E-state index in [2.05, 4.69) is 17.2 Å². The monoisotopic (exact) mass is 267 g/mol. The largest absolute Gasteiger partial charge is 0.447 e. The maximum atomic E-state index is 11.3. The summed E-state index contributed by atoms with van der Waals surface area (Å²) in [4.78, 5) is 12.3. The molecule has 1 heterocycles. The zero-order valence-corrected chi connectivity index (χ0v) is 11.3. The highest BCUT2D eigenvalue weighted by atomic mass is 32.1. The number of aliphatic hydroxyl groups excluding tert-OH is 1. The molecule has 0 spiro atoms. The second-order valence-electron chi connectivity index (χ2n) is 3.84. The number of amides is 1. The Morgan fingerprint density at radius 1 is 1.61 bits per heavy atom. The molecule has 5 heteroatoms. The van der Waals surface area contributed by atoms with E-state index in [1.54, 1.807) is 13.8 Å². The summed E-state index contributed by atoms with van der Waals surface area (Å²) < 4.78 is 4.97. The summed E-state index contributed by atoms with van der Waals surface area (Å²) in [5, 5.41) is 13.3. The van der Waals surface area contributed by atoms with Crippen LogP contribution in [0.3, 0.4) is 0 Å². The minimum atomic E-state index is -0.423. The summed E-state index contributed by atoms with van der Waals surface area (Å²) in [5.74, 6) is 5.83. The SMILES string of the molecule is CC(C)OC(=O)NCc1sccc1C#CCCO. The zero-order valence-electron chi connectivity index (χ0n) is 10.5. The van der Waals surface area contributed by atoms with Crippen LogP contribution < -0.4 is 5.32 Å². The van der Waals surface area contributed by atoms with Crippen LogP contribution in [-0.2, 0) is 11.3 Å². The molecular weight excluding hydrogens is 250 g/mol. The quantitative estimate of drug-likeness (QED) is 0.821. The number of hydrogen-bond acceptors (Lipinski definition) is 4. The Labute approximate surface area is 111 Å². The maximum Gasteiger partial charge on any atom is 0.407 e. The van der Waals surface area contributed by atoms with E-state index in [4.69, 9.17) is 9.84 Å². The van der Waals surface area contributed by atoms with Crippen molar-refractivity contribution in [1.29, 1.82) is 0 Å². The fraction of sp³-hybridized carbons (Fsp3) is 0.462. The van der Waals surface area contributed by atoms with Crippen molar-refractivity contribution < 1.29 is 14.6 Å². The molecule has 0 unspecified atom stereocenters. The third kappa shape index (κ3) is 5.21. The fourth-order valence-electron chi connectivity index (χ4n) is 1.21. The second kappa shape index (κ2) is 7.75. The van der Waals surface area contributed by atoms with Crippen molar-refractivity contribution >= 4 is 17.4 Å². The van der Waals surface area contributed by atoms with Gasteiger partial charge >= 0.3 is 6.09 Å². The summed E-state index contributed by atoms with van der Waals surface area (Å²) in [7, 11) is 0. The van der Waals surface area contributed by atoms with Crippen LogP contribution >= 0.6 is 11.3 Å². The van der Waals surface area contributed by atoms with Crippen LogP contribution in [0.1, 0.15) is 30.7 Å². The van der Waals surface area contributed by atoms with Gasteiger partial charge in [-0.1, -0.05) is 11.8 Å². The molecule has 2 N–H and O–H groups in total. The van der Waals surface area contributed by atoms with Crippen molar-refractivity contribution in [1.82, 2.24) is 5.32 Å². The van der Waals surface area contributed by atoms with Crippen LogP contribution in [0.25, 0.3) is 0 Å². The van der Waals surface area contributed by atoms with Gasteiger partial charge in [0.2, 0.25) is 0 Å². The molecule has 0 radical (unpaired) electrons. The molecule has 0 saturated heterocycles. The Kier molecular flexibility index (Phi) is 6.26. The first-order chi connectivity index (χ1) is 8.63. The molecule has 1 aromatic rings. The van der Waals surface area contributed by atoms with Crippen LogP contribution in [0.2, 0.25) is 0 Å². The first-order valence-corrected chi connectivity index (χ1v) is 6.62. The van der Waals surface area contributed by atoms with Crippen molar-refractivity contribution in [3.8, 4) is 11.8 Å². The Bertz CT molecular complexity index is 443. The van der Waals surface area contributed by atoms with E-state index < -0.39 is 6.09 Å². The predicted octanol–water partition coefficient (Wildman–Crippen LogP) is 2.12. The molecule has 18 heavy (non-hydrogen) atoms. The molecule has 0 aliphatic carbocycles. The molecule has 1 amide bonds. The summed E-state index contributed by atoms with van der Waals surface area (Å²) in [6.07, 6.45) is -0.0946. The number of aliphatic hydroxyl groups is 1. The van der Waals surface area contributed by atoms with Gasteiger partial charge in [0.15, 0.2) is 0 Å². The molecule has 0 atom stereocenters. The van der Waals surface area contributed by atoms with Gasteiger partial charge in [-0.15, -0.1) is 11.3 Å². The van der Waals surface area contributed by atoms with Crippen molar-refractivity contribution in [3.05, 3.63) is 21.9 Å². The van der Waals surface area contributed by atoms with Crippen LogP contribution in [0, 0.1) is 11.8 Å². The van der Waals surface area contributed by atoms with Gasteiger partial charge < -0.3 is 15.2 Å². The maximum absolute atomic E-state index is 11.3. The highest BCUT2D eigenvalue weighted by Crippen LogP contribution is 2.15. The Morgan fingerprint density at radius 2 is 2.39 bits per heavy atom. The molecule has 0 fully saturated rings. The van der Waals surface area contributed by atoms with E-state index in [0.717, 1.165) is 10.4 Å². The molecule has 98 valence electrons. The predicted molar refractivity (Wildman–Crippen MR) is 71.4 cm³/mol. The number of nitrogens with one attached hydrogen (secondary N) is 1. The molecular formula is C13H17NO3S. The highest BCUT2D eigenvalue weighted by Gasteiger charge is 2.07. The molecule has 1 rings (SSSR count). The standard InChI is InChI=1S/C13H17NO3S/c1-10(2)17-13(16)14-9-12-11(6-8-18-12)5-3-4-7-15/h6,8,10,15H,4,7,9H2,1-2H3,(H,14,16). The van der Waals surface area contributed by atoms with Crippen molar-refractivity contribution in [3.63, 3.8) is 0 Å². The second-order valence-corrected chi connectivity index (χ2v) is 4.84. The first kappa shape index (κ1) is 14.6. The molecule has 0 saturated carbocycles. The highest BCUT2D eigenvalue weighted by molar-refractivity contribution is 7.10. The molecule has 0 bridgehead atoms.